The number of hydrogen-bond donors (Lipinski definition) is 3. The van der Waals surface area contributed by atoms with E-state index in [1.54, 1.807) is 10.6 Å². The Morgan fingerprint density at radius 2 is 1.38 bits per heavy atom. The largest absolute Gasteiger partial charge is 0.477 e. The van der Waals surface area contributed by atoms with Crippen molar-refractivity contribution >= 4 is 56.9 Å². The Labute approximate surface area is 304 Å². The molecule has 0 unspecified atom stereocenters. The smallest absolute Gasteiger partial charge is 0.341 e. The topological polar surface area (TPSA) is 140 Å². The number of rotatable bonds is 5. The molecule has 5 heterocycles. The lowest BCUT2D eigenvalue weighted by atomic mass is 10.1. The number of fused-ring (bicyclic) bond motifs is 1. The van der Waals surface area contributed by atoms with E-state index in [2.05, 4.69) is 10.2 Å². The third-order valence-corrected chi connectivity index (χ3v) is 10.8. The number of likely N-dealkylation sites (N-methyl/N-ethyl adjacent to an activating group) is 1. The first-order chi connectivity index (χ1) is 25.4. The molecule has 2 aromatic heterocycles. The van der Waals surface area contributed by atoms with Crippen molar-refractivity contribution in [3.05, 3.63) is 104 Å². The molecule has 3 aromatic carbocycles. The van der Waals surface area contributed by atoms with Crippen molar-refractivity contribution in [3.63, 3.8) is 0 Å². The maximum atomic E-state index is 15.0. The fourth-order valence-corrected chi connectivity index (χ4v) is 8.19. The number of carbonyl (C=O) groups is 2. The van der Waals surface area contributed by atoms with Crippen LogP contribution in [0.4, 0.5) is 24.5 Å². The number of anilines is 2. The number of aryl methyl sites for hydroxylation is 1. The Morgan fingerprint density at radius 3 is 2.04 bits per heavy atom. The van der Waals surface area contributed by atoms with Gasteiger partial charge in [0, 0.05) is 88.1 Å². The van der Waals surface area contributed by atoms with Gasteiger partial charge in [-0.1, -0.05) is 0 Å². The molecular formula is C37H35F3N6O6S. The van der Waals surface area contributed by atoms with Crippen molar-refractivity contribution in [1.29, 1.82) is 0 Å². The molecule has 0 spiro atoms. The minimum atomic E-state index is -1.41. The number of piperazine rings is 2. The van der Waals surface area contributed by atoms with Crippen LogP contribution in [0.15, 0.2) is 69.3 Å². The summed E-state index contributed by atoms with van der Waals surface area (Å²) in [6.45, 7) is 6.39. The van der Waals surface area contributed by atoms with Gasteiger partial charge in [0.05, 0.1) is 32.7 Å². The lowest BCUT2D eigenvalue weighted by Crippen LogP contribution is -2.45. The standard InChI is InChI=1S/C20H17F2N3O3.C17H18FN3O3S/c21-12-1-3-13(4-2-12)25-11-15(20(27)28)19(26)14-9-16(22)18(10-17(14)25)24-7-5-23-6-8-24;1-19-2-4-20(5-3-19)14-12(18)8-10-13-16(14)25-7-6-21(13)9-11(15(10)22)17(23)24/h1-4,9-11,23H,5-8H2,(H,27,28);8-9H,2-7H2,1H3,(H,23,24). The van der Waals surface area contributed by atoms with Crippen molar-refractivity contribution in [2.24, 2.45) is 0 Å². The van der Waals surface area contributed by atoms with Gasteiger partial charge in [0.25, 0.3) is 0 Å². The molecule has 2 fully saturated rings. The van der Waals surface area contributed by atoms with Gasteiger partial charge in [-0.05, 0) is 49.5 Å². The third kappa shape index (κ3) is 6.84. The molecular weight excluding hydrogens is 714 g/mol. The van der Waals surface area contributed by atoms with Gasteiger partial charge < -0.3 is 39.4 Å². The van der Waals surface area contributed by atoms with E-state index in [0.29, 0.717) is 66.6 Å². The average molecular weight is 749 g/mol. The van der Waals surface area contributed by atoms with Crippen LogP contribution in [0.5, 0.6) is 0 Å². The van der Waals surface area contributed by atoms with Crippen LogP contribution in [0.3, 0.4) is 0 Å². The number of carboxylic acids is 2. The van der Waals surface area contributed by atoms with Gasteiger partial charge in [-0.15, -0.1) is 11.8 Å². The molecule has 0 radical (unpaired) electrons. The quantitative estimate of drug-likeness (QED) is 0.240. The fourth-order valence-electron chi connectivity index (χ4n) is 6.97. The van der Waals surface area contributed by atoms with Crippen LogP contribution in [-0.2, 0) is 6.54 Å². The molecule has 12 nitrogen and oxygen atoms in total. The van der Waals surface area contributed by atoms with Crippen molar-refractivity contribution < 1.29 is 33.0 Å². The normalized spacial score (nSPS) is 16.1. The number of pyridine rings is 2. The van der Waals surface area contributed by atoms with Crippen molar-refractivity contribution in [2.75, 3.05) is 75.0 Å². The Kier molecular flexibility index (Phi) is 9.93. The van der Waals surface area contributed by atoms with E-state index in [0.717, 1.165) is 37.1 Å². The van der Waals surface area contributed by atoms with Gasteiger partial charge in [-0.3, -0.25) is 9.59 Å². The number of aromatic nitrogens is 2. The third-order valence-electron chi connectivity index (χ3n) is 9.74. The van der Waals surface area contributed by atoms with E-state index < -0.39 is 45.8 Å². The van der Waals surface area contributed by atoms with Crippen molar-refractivity contribution in [3.8, 4) is 5.69 Å². The van der Waals surface area contributed by atoms with Crippen LogP contribution >= 0.6 is 11.8 Å². The molecule has 53 heavy (non-hydrogen) atoms. The zero-order valence-corrected chi connectivity index (χ0v) is 29.4. The van der Waals surface area contributed by atoms with Gasteiger partial charge in [-0.2, -0.15) is 0 Å². The molecule has 0 saturated carbocycles. The summed E-state index contributed by atoms with van der Waals surface area (Å²) in [5, 5.41) is 21.9. The van der Waals surface area contributed by atoms with E-state index in [1.807, 2.05) is 16.8 Å². The van der Waals surface area contributed by atoms with Crippen LogP contribution in [-0.4, -0.2) is 101 Å². The summed E-state index contributed by atoms with van der Waals surface area (Å²) < 4.78 is 46.3. The Bertz CT molecular complexity index is 2390. The SMILES string of the molecule is CN1CCN(c2c(F)cc3c(=O)c(C(=O)O)cn4c3c2SCC4)CC1.O=C(O)c1cn(-c2ccc(F)cc2)c2cc(N3CCNCC3)c(F)cc2c1=O. The number of carboxylic acid groups (broad SMARTS) is 2. The van der Waals surface area contributed by atoms with Gasteiger partial charge in [-0.25, -0.2) is 22.8 Å². The fraction of sp³-hybridized carbons (Fsp3) is 0.297. The molecule has 5 aromatic rings. The highest BCUT2D eigenvalue weighted by Crippen LogP contribution is 2.41. The number of nitrogens with zero attached hydrogens (tertiary/aromatic N) is 5. The molecule has 3 aliphatic rings. The van der Waals surface area contributed by atoms with Gasteiger partial charge >= 0.3 is 11.9 Å². The van der Waals surface area contributed by atoms with Gasteiger partial charge in [0.1, 0.15) is 28.6 Å². The van der Waals surface area contributed by atoms with Crippen molar-refractivity contribution in [2.45, 2.75) is 11.4 Å². The van der Waals surface area contributed by atoms with Crippen LogP contribution < -0.4 is 26.0 Å². The number of thioether (sulfide) groups is 1. The summed E-state index contributed by atoms with van der Waals surface area (Å²) in [5.74, 6) is -3.45. The number of benzene rings is 3. The van der Waals surface area contributed by atoms with Crippen LogP contribution in [0, 0.1) is 17.5 Å². The maximum absolute atomic E-state index is 15.0. The molecule has 276 valence electrons. The molecule has 3 N–H and O–H groups in total. The lowest BCUT2D eigenvalue weighted by Gasteiger charge is -2.36. The second-order valence-corrected chi connectivity index (χ2v) is 14.1. The molecule has 16 heteroatoms. The van der Waals surface area contributed by atoms with E-state index >= 15 is 0 Å². The summed E-state index contributed by atoms with van der Waals surface area (Å²) in [6, 6.07) is 9.26. The number of halogens is 3. The highest BCUT2D eigenvalue weighted by molar-refractivity contribution is 7.99. The summed E-state index contributed by atoms with van der Waals surface area (Å²) in [6.07, 6.45) is 2.58. The number of hydrogen-bond acceptors (Lipinski definition) is 9. The zero-order valence-electron chi connectivity index (χ0n) is 28.6. The first-order valence-corrected chi connectivity index (χ1v) is 17.9. The Hall–Kier alpha value is -5.32. The second-order valence-electron chi connectivity index (χ2n) is 13.0. The average Bonchev–Trinajstić information content (AvgIpc) is 3.14. The highest BCUT2D eigenvalue weighted by Gasteiger charge is 2.28. The first-order valence-electron chi connectivity index (χ1n) is 17.0. The monoisotopic (exact) mass is 748 g/mol. The molecule has 0 amide bonds. The minimum Gasteiger partial charge on any atom is -0.477 e. The Morgan fingerprint density at radius 1 is 0.755 bits per heavy atom. The van der Waals surface area contributed by atoms with E-state index in [4.69, 9.17) is 0 Å². The first kappa shape index (κ1) is 36.1. The predicted molar refractivity (Wildman–Crippen MR) is 197 cm³/mol. The molecule has 3 aliphatic heterocycles. The summed E-state index contributed by atoms with van der Waals surface area (Å²) >= 11 is 1.54. The summed E-state index contributed by atoms with van der Waals surface area (Å²) in [4.78, 5) is 54.8. The molecule has 0 bridgehead atoms. The van der Waals surface area contributed by atoms with Gasteiger partial charge in [0.2, 0.25) is 10.9 Å². The lowest BCUT2D eigenvalue weighted by molar-refractivity contribution is 0.0684. The van der Waals surface area contributed by atoms with Crippen molar-refractivity contribution in [1.82, 2.24) is 19.4 Å². The zero-order chi connectivity index (χ0) is 37.6. The van der Waals surface area contributed by atoms with Crippen LogP contribution in [0.1, 0.15) is 20.7 Å². The Balaban J connectivity index is 0.000000165. The molecule has 0 atom stereocenters. The highest BCUT2D eigenvalue weighted by atomic mass is 32.2. The molecule has 8 rings (SSSR count). The minimum absolute atomic E-state index is 0.0411. The van der Waals surface area contributed by atoms with E-state index in [1.165, 1.54) is 59.1 Å². The molecule has 0 aliphatic carbocycles. The van der Waals surface area contributed by atoms with E-state index in [-0.39, 0.29) is 16.3 Å². The van der Waals surface area contributed by atoms with E-state index in [9.17, 15) is 42.6 Å². The number of aromatic carboxylic acids is 2. The van der Waals surface area contributed by atoms with Gasteiger partial charge in [0.15, 0.2) is 0 Å². The number of nitrogens with one attached hydrogen (secondary N) is 1. The predicted octanol–water partition coefficient (Wildman–Crippen LogP) is 4.07. The summed E-state index contributed by atoms with van der Waals surface area (Å²) in [5.41, 5.74) is 0.194. The summed E-state index contributed by atoms with van der Waals surface area (Å²) in [7, 11) is 2.04. The van der Waals surface area contributed by atoms with Crippen LogP contribution in [0.25, 0.3) is 27.5 Å². The second kappa shape index (κ2) is 14.6. The molecule has 2 saturated heterocycles. The maximum Gasteiger partial charge on any atom is 0.341 e. The van der Waals surface area contributed by atoms with Crippen LogP contribution in [0.2, 0.25) is 0 Å².